The first-order chi connectivity index (χ1) is 8.46. The van der Waals surface area contributed by atoms with E-state index in [4.69, 9.17) is 5.73 Å². The topological polar surface area (TPSA) is 104 Å². The van der Waals surface area contributed by atoms with Gasteiger partial charge in [-0.15, -0.1) is 0 Å². The number of aromatic nitrogens is 4. The average Bonchev–Trinajstić information content (AvgIpc) is 2.81. The Kier molecular flexibility index (Phi) is 2.31. The highest BCUT2D eigenvalue weighted by Gasteiger charge is 2.31. The molecule has 0 saturated carbocycles. The molecule has 96 valence electrons. The Bertz CT molecular complexity index is 721. The summed E-state index contributed by atoms with van der Waals surface area (Å²) >= 11 is 0. The largest absolute Gasteiger partial charge is 0.383 e. The molecule has 1 unspecified atom stereocenters. The van der Waals surface area contributed by atoms with Crippen LogP contribution >= 0.6 is 0 Å². The van der Waals surface area contributed by atoms with Crippen LogP contribution in [0.25, 0.3) is 11.0 Å². The molecule has 8 heteroatoms. The van der Waals surface area contributed by atoms with Crippen LogP contribution < -0.4 is 5.73 Å². The number of anilines is 1. The van der Waals surface area contributed by atoms with Gasteiger partial charge >= 0.3 is 0 Å². The molecule has 2 aromatic heterocycles. The molecule has 1 fully saturated rings. The lowest BCUT2D eigenvalue weighted by atomic mass is 10.2. The van der Waals surface area contributed by atoms with Gasteiger partial charge in [0.1, 0.15) is 11.6 Å². The van der Waals surface area contributed by atoms with Crippen LogP contribution in [0.4, 0.5) is 5.82 Å². The fourth-order valence-electron chi connectivity index (χ4n) is 2.30. The molecule has 2 N–H and O–H groups in total. The smallest absolute Gasteiger partial charge is 0.163 e. The summed E-state index contributed by atoms with van der Waals surface area (Å²) in [6.07, 6.45) is 2.16. The van der Waals surface area contributed by atoms with E-state index in [1.807, 2.05) is 0 Å². The molecule has 18 heavy (non-hydrogen) atoms. The third-order valence-corrected chi connectivity index (χ3v) is 4.90. The van der Waals surface area contributed by atoms with Crippen molar-refractivity contribution in [3.05, 3.63) is 12.0 Å². The summed E-state index contributed by atoms with van der Waals surface area (Å²) in [7, 11) is -2.95. The van der Waals surface area contributed by atoms with Crippen molar-refractivity contribution in [2.45, 2.75) is 19.4 Å². The second kappa shape index (κ2) is 3.64. The third kappa shape index (κ3) is 1.72. The van der Waals surface area contributed by atoms with Crippen LogP contribution in [0.1, 0.15) is 18.3 Å². The van der Waals surface area contributed by atoms with Gasteiger partial charge in [-0.25, -0.2) is 23.1 Å². The van der Waals surface area contributed by atoms with Gasteiger partial charge in [-0.3, -0.25) is 0 Å². The number of nitrogens with zero attached hydrogens (tertiary/aromatic N) is 4. The average molecular weight is 267 g/mol. The van der Waals surface area contributed by atoms with Gasteiger partial charge in [0.25, 0.3) is 0 Å². The van der Waals surface area contributed by atoms with Crippen LogP contribution in [0.3, 0.4) is 0 Å². The molecule has 1 atom stereocenters. The molecular formula is C10H13N5O2S. The second-order valence-corrected chi connectivity index (χ2v) is 6.77. The third-order valence-electron chi connectivity index (χ3n) is 3.15. The maximum Gasteiger partial charge on any atom is 0.163 e. The Hall–Kier alpha value is -1.70. The van der Waals surface area contributed by atoms with Gasteiger partial charge in [0.2, 0.25) is 0 Å². The zero-order valence-electron chi connectivity index (χ0n) is 9.87. The van der Waals surface area contributed by atoms with Gasteiger partial charge in [-0.1, -0.05) is 0 Å². The lowest BCUT2D eigenvalue weighted by Crippen LogP contribution is -2.13. The zero-order valence-corrected chi connectivity index (χ0v) is 10.7. The number of aryl methyl sites for hydroxylation is 1. The van der Waals surface area contributed by atoms with E-state index in [9.17, 15) is 8.42 Å². The highest BCUT2D eigenvalue weighted by atomic mass is 32.2. The van der Waals surface area contributed by atoms with Crippen molar-refractivity contribution in [1.82, 2.24) is 19.7 Å². The molecular weight excluding hydrogens is 254 g/mol. The normalized spacial score (nSPS) is 22.6. The molecule has 1 aliphatic heterocycles. The number of hydrogen-bond acceptors (Lipinski definition) is 6. The Morgan fingerprint density at radius 1 is 1.44 bits per heavy atom. The molecule has 7 nitrogen and oxygen atoms in total. The molecule has 0 amide bonds. The lowest BCUT2D eigenvalue weighted by molar-refractivity contribution is 0.511. The number of sulfone groups is 1. The van der Waals surface area contributed by atoms with Crippen molar-refractivity contribution in [2.24, 2.45) is 0 Å². The van der Waals surface area contributed by atoms with Gasteiger partial charge < -0.3 is 5.73 Å². The molecule has 0 aromatic carbocycles. The van der Waals surface area contributed by atoms with Crippen molar-refractivity contribution in [1.29, 1.82) is 0 Å². The van der Waals surface area contributed by atoms with E-state index in [0.29, 0.717) is 29.1 Å². The molecule has 0 spiro atoms. The summed E-state index contributed by atoms with van der Waals surface area (Å²) in [4.78, 5) is 8.37. The van der Waals surface area contributed by atoms with Crippen molar-refractivity contribution in [2.75, 3.05) is 17.2 Å². The Labute approximate surface area is 104 Å². The van der Waals surface area contributed by atoms with E-state index in [2.05, 4.69) is 15.1 Å². The zero-order chi connectivity index (χ0) is 12.9. The number of nitrogen functional groups attached to an aromatic ring is 1. The van der Waals surface area contributed by atoms with Crippen LogP contribution in [0.5, 0.6) is 0 Å². The van der Waals surface area contributed by atoms with Gasteiger partial charge in [0.05, 0.1) is 29.1 Å². The summed E-state index contributed by atoms with van der Waals surface area (Å²) in [5.41, 5.74) is 6.41. The standard InChI is InChI=1S/C10H13N5O2S/c1-6-13-9(11)8-4-12-15(10(8)14-6)7-2-3-18(16,17)5-7/h4,7H,2-3,5H2,1H3,(H2,11,13,14). The Morgan fingerprint density at radius 2 is 2.22 bits per heavy atom. The summed E-state index contributed by atoms with van der Waals surface area (Å²) in [6.45, 7) is 1.75. The fraction of sp³-hybridized carbons (Fsp3) is 0.500. The second-order valence-electron chi connectivity index (χ2n) is 4.54. The van der Waals surface area contributed by atoms with Crippen molar-refractivity contribution in [3.63, 3.8) is 0 Å². The van der Waals surface area contributed by atoms with Crippen LogP contribution in [0.15, 0.2) is 6.20 Å². The number of rotatable bonds is 1. The van der Waals surface area contributed by atoms with E-state index < -0.39 is 9.84 Å². The SMILES string of the molecule is Cc1nc(N)c2cnn(C3CCS(=O)(=O)C3)c2n1. The first kappa shape index (κ1) is 11.4. The van der Waals surface area contributed by atoms with E-state index in [1.165, 1.54) is 0 Å². The molecule has 0 bridgehead atoms. The van der Waals surface area contributed by atoms with Gasteiger partial charge in [-0.05, 0) is 13.3 Å². The summed E-state index contributed by atoms with van der Waals surface area (Å²) in [5.74, 6) is 1.26. The van der Waals surface area contributed by atoms with Crippen molar-refractivity contribution < 1.29 is 8.42 Å². The van der Waals surface area contributed by atoms with Gasteiger partial charge in [0.15, 0.2) is 15.5 Å². The van der Waals surface area contributed by atoms with E-state index in [1.54, 1.807) is 17.8 Å². The highest BCUT2D eigenvalue weighted by Crippen LogP contribution is 2.27. The predicted octanol–water partition coefficient (Wildman–Crippen LogP) is 0.0765. The highest BCUT2D eigenvalue weighted by molar-refractivity contribution is 7.91. The summed E-state index contributed by atoms with van der Waals surface area (Å²) in [6, 6.07) is -0.152. The van der Waals surface area contributed by atoms with Crippen LogP contribution in [-0.2, 0) is 9.84 Å². The Balaban J connectivity index is 2.14. The fourth-order valence-corrected chi connectivity index (χ4v) is 3.99. The first-order valence-corrected chi connectivity index (χ1v) is 7.46. The molecule has 2 aromatic rings. The molecule has 3 heterocycles. The van der Waals surface area contributed by atoms with Crippen LogP contribution in [-0.4, -0.2) is 39.7 Å². The molecule has 1 aliphatic rings. The monoisotopic (exact) mass is 267 g/mol. The van der Waals surface area contributed by atoms with Crippen LogP contribution in [0, 0.1) is 6.92 Å². The van der Waals surface area contributed by atoms with E-state index >= 15 is 0 Å². The van der Waals surface area contributed by atoms with Crippen molar-refractivity contribution in [3.8, 4) is 0 Å². The lowest BCUT2D eigenvalue weighted by Gasteiger charge is -2.09. The van der Waals surface area contributed by atoms with E-state index in [0.717, 1.165) is 0 Å². The van der Waals surface area contributed by atoms with E-state index in [-0.39, 0.29) is 17.5 Å². The predicted molar refractivity (Wildman–Crippen MR) is 66.8 cm³/mol. The minimum absolute atomic E-state index is 0.118. The number of fused-ring (bicyclic) bond motifs is 1. The quantitative estimate of drug-likeness (QED) is 0.784. The molecule has 0 aliphatic carbocycles. The Morgan fingerprint density at radius 3 is 2.89 bits per heavy atom. The molecule has 3 rings (SSSR count). The first-order valence-electron chi connectivity index (χ1n) is 5.64. The van der Waals surface area contributed by atoms with Gasteiger partial charge in [0, 0.05) is 0 Å². The van der Waals surface area contributed by atoms with Gasteiger partial charge in [-0.2, -0.15) is 5.10 Å². The molecule has 1 saturated heterocycles. The number of nitrogens with two attached hydrogens (primary N) is 1. The van der Waals surface area contributed by atoms with Crippen molar-refractivity contribution >= 4 is 26.7 Å². The van der Waals surface area contributed by atoms with Crippen LogP contribution in [0.2, 0.25) is 0 Å². The maximum atomic E-state index is 11.5. The maximum absolute atomic E-state index is 11.5. The minimum atomic E-state index is -2.95. The minimum Gasteiger partial charge on any atom is -0.383 e. The number of hydrogen-bond donors (Lipinski definition) is 1. The summed E-state index contributed by atoms with van der Waals surface area (Å²) in [5, 5.41) is 4.89. The summed E-state index contributed by atoms with van der Waals surface area (Å²) < 4.78 is 24.7. The molecule has 0 radical (unpaired) electrons.